The van der Waals surface area contributed by atoms with E-state index in [1.54, 1.807) is 4.90 Å². The van der Waals surface area contributed by atoms with E-state index in [2.05, 4.69) is 24.2 Å². The molecule has 2 aliphatic carbocycles. The molecule has 30 heavy (non-hydrogen) atoms. The first kappa shape index (κ1) is 19.9. The molecule has 0 atom stereocenters. The summed E-state index contributed by atoms with van der Waals surface area (Å²) < 4.78 is 1.81. The third kappa shape index (κ3) is 3.49. The van der Waals surface area contributed by atoms with Gasteiger partial charge < -0.3 is 9.80 Å². The minimum atomic E-state index is -0.240. The van der Waals surface area contributed by atoms with Gasteiger partial charge >= 0.3 is 0 Å². The molecule has 0 spiro atoms. The van der Waals surface area contributed by atoms with Gasteiger partial charge in [0.15, 0.2) is 5.69 Å². The minimum absolute atomic E-state index is 0.0478. The predicted molar refractivity (Wildman–Crippen MR) is 116 cm³/mol. The highest BCUT2D eigenvalue weighted by Gasteiger charge is 2.34. The average Bonchev–Trinajstić information content (AvgIpc) is 3.57. The molecule has 0 radical (unpaired) electrons. The van der Waals surface area contributed by atoms with Crippen LogP contribution in [0.5, 0.6) is 0 Å². The quantitative estimate of drug-likeness (QED) is 0.738. The van der Waals surface area contributed by atoms with Crippen LogP contribution in [0.4, 0.5) is 0 Å². The molecule has 1 aliphatic heterocycles. The Morgan fingerprint density at radius 2 is 1.90 bits per heavy atom. The Hall–Kier alpha value is -2.08. The minimum Gasteiger partial charge on any atom is -0.336 e. The lowest BCUT2D eigenvalue weighted by Gasteiger charge is -2.40. The number of nitrogens with zero attached hydrogens (tertiary/aromatic N) is 4. The Bertz CT molecular complexity index is 991. The van der Waals surface area contributed by atoms with Crippen LogP contribution >= 0.6 is 11.6 Å². The number of hydrogen-bond donors (Lipinski definition) is 0. The lowest BCUT2D eigenvalue weighted by atomic mass is 9.93. The summed E-state index contributed by atoms with van der Waals surface area (Å²) in [5, 5.41) is 4.98. The molecular weight excluding hydrogens is 400 g/mol. The van der Waals surface area contributed by atoms with Crippen molar-refractivity contribution < 1.29 is 9.59 Å². The number of aromatic nitrogens is 2. The van der Waals surface area contributed by atoms with Crippen LogP contribution in [0.1, 0.15) is 79.5 Å². The molecule has 0 bridgehead atoms. The second-order valence-electron chi connectivity index (χ2n) is 8.97. The van der Waals surface area contributed by atoms with Gasteiger partial charge in [0.25, 0.3) is 5.91 Å². The maximum atomic E-state index is 13.2. The number of halogens is 1. The number of pyridine rings is 1. The zero-order chi connectivity index (χ0) is 20.8. The van der Waals surface area contributed by atoms with E-state index < -0.39 is 0 Å². The van der Waals surface area contributed by atoms with E-state index in [-0.39, 0.29) is 24.1 Å². The molecule has 0 unspecified atom stereocenters. The summed E-state index contributed by atoms with van der Waals surface area (Å²) in [6.07, 6.45) is 9.06. The number of fused-ring (bicyclic) bond motifs is 1. The monoisotopic (exact) mass is 428 g/mol. The maximum absolute atomic E-state index is 13.2. The average molecular weight is 429 g/mol. The lowest BCUT2D eigenvalue weighted by Crippen LogP contribution is -2.55. The summed E-state index contributed by atoms with van der Waals surface area (Å²) in [5.41, 5.74) is 3.41. The van der Waals surface area contributed by atoms with E-state index in [0.717, 1.165) is 30.5 Å². The fourth-order valence-corrected chi connectivity index (χ4v) is 5.29. The van der Waals surface area contributed by atoms with Crippen molar-refractivity contribution in [2.45, 2.75) is 70.3 Å². The maximum Gasteiger partial charge on any atom is 0.276 e. The molecule has 2 saturated carbocycles. The third-order valence-corrected chi connectivity index (χ3v) is 7.32. The van der Waals surface area contributed by atoms with Crippen molar-refractivity contribution in [2.24, 2.45) is 0 Å². The first-order valence-electron chi connectivity index (χ1n) is 11.4. The molecule has 3 heterocycles. The smallest absolute Gasteiger partial charge is 0.276 e. The van der Waals surface area contributed by atoms with Crippen LogP contribution in [0.25, 0.3) is 5.52 Å². The summed E-state index contributed by atoms with van der Waals surface area (Å²) >= 11 is 6.66. The molecule has 2 amide bonds. The molecule has 6 nitrogen and oxygen atoms in total. The van der Waals surface area contributed by atoms with Crippen molar-refractivity contribution in [1.29, 1.82) is 0 Å². The van der Waals surface area contributed by atoms with Crippen molar-refractivity contribution in [1.82, 2.24) is 19.4 Å². The predicted octanol–water partition coefficient (Wildman–Crippen LogP) is 4.04. The summed E-state index contributed by atoms with van der Waals surface area (Å²) in [6, 6.07) is 4.61. The molecule has 0 aromatic carbocycles. The fourth-order valence-electron chi connectivity index (χ4n) is 5.04. The van der Waals surface area contributed by atoms with Gasteiger partial charge in [-0.2, -0.15) is 5.10 Å². The molecular formula is C23H29ClN4O2. The number of rotatable bonds is 4. The number of carbonyl (C=O) groups excluding carboxylic acids is 2. The van der Waals surface area contributed by atoms with Crippen LogP contribution in [0.2, 0.25) is 5.02 Å². The van der Waals surface area contributed by atoms with Crippen molar-refractivity contribution in [3.05, 3.63) is 34.1 Å². The Balaban J connectivity index is 1.38. The largest absolute Gasteiger partial charge is 0.336 e. The van der Waals surface area contributed by atoms with Crippen LogP contribution in [0.3, 0.4) is 0 Å². The first-order valence-corrected chi connectivity index (χ1v) is 11.7. The van der Waals surface area contributed by atoms with E-state index in [1.165, 1.54) is 37.7 Å². The van der Waals surface area contributed by atoms with Crippen molar-refractivity contribution in [3.8, 4) is 0 Å². The van der Waals surface area contributed by atoms with Crippen LogP contribution in [-0.4, -0.2) is 56.9 Å². The van der Waals surface area contributed by atoms with E-state index >= 15 is 0 Å². The van der Waals surface area contributed by atoms with Gasteiger partial charge in [0, 0.05) is 24.8 Å². The lowest BCUT2D eigenvalue weighted by molar-refractivity contribution is -0.138. The zero-order valence-corrected chi connectivity index (χ0v) is 18.3. The third-order valence-electron chi connectivity index (χ3n) is 6.94. The molecule has 5 rings (SSSR count). The normalized spacial score (nSPS) is 20.9. The van der Waals surface area contributed by atoms with Crippen molar-refractivity contribution >= 4 is 28.9 Å². The Morgan fingerprint density at radius 1 is 1.13 bits per heavy atom. The summed E-state index contributed by atoms with van der Waals surface area (Å²) in [7, 11) is 0. The second kappa shape index (κ2) is 7.88. The number of carbonyl (C=O) groups is 2. The molecule has 0 N–H and O–H groups in total. The van der Waals surface area contributed by atoms with Crippen molar-refractivity contribution in [2.75, 3.05) is 19.6 Å². The Kier molecular flexibility index (Phi) is 5.21. The van der Waals surface area contributed by atoms with Gasteiger partial charge in [-0.1, -0.05) is 37.8 Å². The Labute approximate surface area is 182 Å². The number of amides is 2. The van der Waals surface area contributed by atoms with E-state index in [9.17, 15) is 9.59 Å². The van der Waals surface area contributed by atoms with Crippen molar-refractivity contribution in [3.63, 3.8) is 0 Å². The fraction of sp³-hybridized carbons (Fsp3) is 0.609. The summed E-state index contributed by atoms with van der Waals surface area (Å²) in [6.45, 7) is 3.35. The van der Waals surface area contributed by atoms with E-state index in [4.69, 9.17) is 11.6 Å². The van der Waals surface area contributed by atoms with Crippen LogP contribution in [0, 0.1) is 0 Å². The molecule has 160 valence electrons. The standard InChI is InChI=1S/C23H29ClN4O2/c1-2-17-12-16(15-8-9-15)13-19-21(24)22(25-28(17)19)23(30)26-10-11-27(20(29)14-26)18-6-4-3-5-7-18/h12-13,15,18H,2-11,14H2,1H3. The Morgan fingerprint density at radius 3 is 2.57 bits per heavy atom. The molecule has 3 fully saturated rings. The molecule has 1 saturated heterocycles. The van der Waals surface area contributed by atoms with Gasteiger partial charge in [-0.25, -0.2) is 4.52 Å². The topological polar surface area (TPSA) is 57.9 Å². The van der Waals surface area contributed by atoms with Gasteiger partial charge in [0.05, 0.1) is 10.5 Å². The van der Waals surface area contributed by atoms with Crippen LogP contribution in [-0.2, 0) is 11.2 Å². The highest BCUT2D eigenvalue weighted by molar-refractivity contribution is 6.36. The summed E-state index contributed by atoms with van der Waals surface area (Å²) in [5.74, 6) is 0.415. The van der Waals surface area contributed by atoms with Gasteiger partial charge in [-0.3, -0.25) is 9.59 Å². The SMILES string of the molecule is CCc1cc(C2CC2)cc2c(Cl)c(C(=O)N3CCN(C4CCCCC4)C(=O)C3)nn12. The van der Waals surface area contributed by atoms with Gasteiger partial charge in [-0.05, 0) is 55.7 Å². The molecule has 3 aliphatic rings. The summed E-state index contributed by atoms with van der Waals surface area (Å²) in [4.78, 5) is 29.6. The van der Waals surface area contributed by atoms with Gasteiger partial charge in [-0.15, -0.1) is 0 Å². The van der Waals surface area contributed by atoms with Crippen LogP contribution < -0.4 is 0 Å². The van der Waals surface area contributed by atoms with Crippen LogP contribution in [0.15, 0.2) is 12.1 Å². The molecule has 2 aromatic rings. The molecule has 7 heteroatoms. The number of piperazine rings is 1. The van der Waals surface area contributed by atoms with E-state index in [1.807, 2.05) is 9.42 Å². The number of hydrogen-bond acceptors (Lipinski definition) is 3. The van der Waals surface area contributed by atoms with Gasteiger partial charge in [0.1, 0.15) is 6.54 Å². The van der Waals surface area contributed by atoms with E-state index in [0.29, 0.717) is 30.1 Å². The highest BCUT2D eigenvalue weighted by atomic mass is 35.5. The number of aryl methyl sites for hydroxylation is 1. The first-order chi connectivity index (χ1) is 14.6. The zero-order valence-electron chi connectivity index (χ0n) is 17.6. The second-order valence-corrected chi connectivity index (χ2v) is 9.35. The van der Waals surface area contributed by atoms with Gasteiger partial charge in [0.2, 0.25) is 5.91 Å². The molecule has 2 aromatic heterocycles. The highest BCUT2D eigenvalue weighted by Crippen LogP contribution is 2.41.